The molecule has 1 saturated heterocycles. The van der Waals surface area contributed by atoms with Crippen LogP contribution in [0.5, 0.6) is 0 Å². The lowest BCUT2D eigenvalue weighted by molar-refractivity contribution is 0.0393. The summed E-state index contributed by atoms with van der Waals surface area (Å²) in [6.45, 7) is 2.93. The Hall–Kier alpha value is -2.22. The van der Waals surface area contributed by atoms with Crippen LogP contribution >= 0.6 is 0 Å². The minimum absolute atomic E-state index is 0.185. The first-order chi connectivity index (χ1) is 12.4. The minimum Gasteiger partial charge on any atom is -0.378 e. The molecule has 0 radical (unpaired) electrons. The first kappa shape index (κ1) is 18.6. The maximum atomic E-state index is 12.8. The van der Waals surface area contributed by atoms with E-state index < -0.39 is 10.0 Å². The number of nitrogens with zero attached hydrogens (tertiary/aromatic N) is 2. The molecule has 138 valence electrons. The number of carbonyl (C=O) groups excluding carboxylic acids is 1. The van der Waals surface area contributed by atoms with Crippen molar-refractivity contribution in [2.75, 3.05) is 31.7 Å². The zero-order chi connectivity index (χ0) is 18.7. The quantitative estimate of drug-likeness (QED) is 0.824. The maximum absolute atomic E-state index is 12.8. The van der Waals surface area contributed by atoms with Gasteiger partial charge >= 0.3 is 0 Å². The van der Waals surface area contributed by atoms with Crippen molar-refractivity contribution in [3.05, 3.63) is 60.2 Å². The smallest absolute Gasteiger partial charge is 0.258 e. The fourth-order valence-corrected chi connectivity index (χ4v) is 4.54. The molecule has 6 nitrogen and oxygen atoms in total. The number of benzene rings is 2. The number of anilines is 1. The summed E-state index contributed by atoms with van der Waals surface area (Å²) in [6, 6.07) is 15.2. The van der Waals surface area contributed by atoms with Gasteiger partial charge in [-0.15, -0.1) is 0 Å². The number of sulfonamides is 1. The van der Waals surface area contributed by atoms with Crippen molar-refractivity contribution in [1.82, 2.24) is 4.31 Å². The van der Waals surface area contributed by atoms with Crippen molar-refractivity contribution in [2.24, 2.45) is 0 Å². The molecule has 2 aromatic carbocycles. The van der Waals surface area contributed by atoms with Gasteiger partial charge in [-0.25, -0.2) is 8.42 Å². The highest BCUT2D eigenvalue weighted by Crippen LogP contribution is 2.22. The van der Waals surface area contributed by atoms with Crippen molar-refractivity contribution in [2.45, 2.75) is 17.9 Å². The van der Waals surface area contributed by atoms with E-state index in [1.54, 1.807) is 19.2 Å². The van der Waals surface area contributed by atoms with Crippen LogP contribution in [0.15, 0.2) is 59.5 Å². The molecule has 1 aliphatic heterocycles. The van der Waals surface area contributed by atoms with E-state index in [0.29, 0.717) is 25.3 Å². The van der Waals surface area contributed by atoms with E-state index in [9.17, 15) is 13.2 Å². The van der Waals surface area contributed by atoms with Gasteiger partial charge in [0, 0.05) is 30.9 Å². The van der Waals surface area contributed by atoms with Crippen molar-refractivity contribution in [3.63, 3.8) is 0 Å². The van der Waals surface area contributed by atoms with E-state index >= 15 is 0 Å². The van der Waals surface area contributed by atoms with Crippen LogP contribution in [-0.2, 0) is 14.8 Å². The average Bonchev–Trinajstić information content (AvgIpc) is 2.68. The van der Waals surface area contributed by atoms with Gasteiger partial charge in [-0.05, 0) is 43.3 Å². The molecule has 1 heterocycles. The SMILES string of the molecule is CC1COCCN1S(=O)(=O)c1ccc(C(=O)N(C)c2ccccc2)cc1. The Labute approximate surface area is 154 Å². The summed E-state index contributed by atoms with van der Waals surface area (Å²) in [7, 11) is -1.91. The van der Waals surface area contributed by atoms with E-state index in [1.165, 1.54) is 21.3 Å². The van der Waals surface area contributed by atoms with E-state index in [2.05, 4.69) is 0 Å². The zero-order valence-corrected chi connectivity index (χ0v) is 15.6. The number of morpholine rings is 1. The van der Waals surface area contributed by atoms with Crippen LogP contribution in [0, 0.1) is 0 Å². The molecule has 1 atom stereocenters. The second kappa shape index (κ2) is 7.57. The molecule has 1 fully saturated rings. The molecule has 0 saturated carbocycles. The minimum atomic E-state index is -3.60. The summed E-state index contributed by atoms with van der Waals surface area (Å²) in [5.74, 6) is -0.195. The molecule has 3 rings (SSSR count). The molecular weight excluding hydrogens is 352 g/mol. The number of amides is 1. The van der Waals surface area contributed by atoms with Crippen molar-refractivity contribution in [1.29, 1.82) is 0 Å². The van der Waals surface area contributed by atoms with Crippen molar-refractivity contribution in [3.8, 4) is 0 Å². The molecule has 26 heavy (non-hydrogen) atoms. The largest absolute Gasteiger partial charge is 0.378 e. The Balaban J connectivity index is 1.81. The highest BCUT2D eigenvalue weighted by atomic mass is 32.2. The second-order valence-corrected chi connectivity index (χ2v) is 8.15. The Kier molecular flexibility index (Phi) is 5.41. The predicted octanol–water partition coefficient (Wildman–Crippen LogP) is 2.37. The molecule has 0 aliphatic carbocycles. The number of hydrogen-bond donors (Lipinski definition) is 0. The Bertz CT molecular complexity index is 866. The van der Waals surface area contributed by atoms with E-state index in [0.717, 1.165) is 5.69 Å². The third-order valence-corrected chi connectivity index (χ3v) is 6.49. The number of carbonyl (C=O) groups is 1. The van der Waals surface area contributed by atoms with Crippen LogP contribution in [0.1, 0.15) is 17.3 Å². The van der Waals surface area contributed by atoms with Gasteiger partial charge in [-0.1, -0.05) is 18.2 Å². The summed E-state index contributed by atoms with van der Waals surface area (Å²) >= 11 is 0. The standard InChI is InChI=1S/C19H22N2O4S/c1-15-14-25-13-12-21(15)26(23,24)18-10-8-16(9-11-18)19(22)20(2)17-6-4-3-5-7-17/h3-11,15H,12-14H2,1-2H3. The molecule has 0 N–H and O–H groups in total. The van der Waals surface area contributed by atoms with E-state index in [4.69, 9.17) is 4.74 Å². The third-order valence-electron chi connectivity index (χ3n) is 4.46. The second-order valence-electron chi connectivity index (χ2n) is 6.26. The highest BCUT2D eigenvalue weighted by Gasteiger charge is 2.31. The summed E-state index contributed by atoms with van der Waals surface area (Å²) < 4.78 is 32.4. The van der Waals surface area contributed by atoms with Crippen LogP contribution in [-0.4, -0.2) is 51.5 Å². The maximum Gasteiger partial charge on any atom is 0.258 e. The van der Waals surface area contributed by atoms with E-state index in [-0.39, 0.29) is 16.8 Å². The number of rotatable bonds is 4. The van der Waals surface area contributed by atoms with Gasteiger partial charge in [0.15, 0.2) is 0 Å². The molecular formula is C19H22N2O4S. The van der Waals surface area contributed by atoms with Gasteiger partial charge < -0.3 is 9.64 Å². The summed E-state index contributed by atoms with van der Waals surface area (Å²) in [6.07, 6.45) is 0. The molecule has 0 spiro atoms. The van der Waals surface area contributed by atoms with Crippen LogP contribution in [0.25, 0.3) is 0 Å². The van der Waals surface area contributed by atoms with Gasteiger partial charge in [-0.2, -0.15) is 4.31 Å². The normalized spacial score (nSPS) is 18.5. The van der Waals surface area contributed by atoms with Crippen LogP contribution < -0.4 is 4.90 Å². The number of ether oxygens (including phenoxy) is 1. The van der Waals surface area contributed by atoms with Gasteiger partial charge in [0.25, 0.3) is 5.91 Å². The Morgan fingerprint density at radius 2 is 1.77 bits per heavy atom. The molecule has 1 amide bonds. The van der Waals surface area contributed by atoms with Gasteiger partial charge in [-0.3, -0.25) is 4.79 Å². The van der Waals surface area contributed by atoms with Gasteiger partial charge in [0.1, 0.15) is 0 Å². The fraction of sp³-hybridized carbons (Fsp3) is 0.316. The molecule has 1 aliphatic rings. The Morgan fingerprint density at radius 3 is 2.38 bits per heavy atom. The van der Waals surface area contributed by atoms with Crippen LogP contribution in [0.3, 0.4) is 0 Å². The number of hydrogen-bond acceptors (Lipinski definition) is 4. The molecule has 2 aromatic rings. The lowest BCUT2D eigenvalue weighted by atomic mass is 10.2. The Morgan fingerprint density at radius 1 is 1.12 bits per heavy atom. The highest BCUT2D eigenvalue weighted by molar-refractivity contribution is 7.89. The summed E-state index contributed by atoms with van der Waals surface area (Å²) in [4.78, 5) is 14.3. The van der Waals surface area contributed by atoms with Crippen LogP contribution in [0.2, 0.25) is 0 Å². The topological polar surface area (TPSA) is 66.9 Å². The molecule has 0 bridgehead atoms. The first-order valence-corrected chi connectivity index (χ1v) is 9.88. The molecule has 1 unspecified atom stereocenters. The van der Waals surface area contributed by atoms with Gasteiger partial charge in [0.05, 0.1) is 18.1 Å². The van der Waals surface area contributed by atoms with Crippen molar-refractivity contribution < 1.29 is 17.9 Å². The lowest BCUT2D eigenvalue weighted by Crippen LogP contribution is -2.46. The summed E-state index contributed by atoms with van der Waals surface area (Å²) in [5.41, 5.74) is 1.21. The average molecular weight is 374 g/mol. The molecule has 7 heteroatoms. The number of para-hydroxylation sites is 1. The van der Waals surface area contributed by atoms with E-state index in [1.807, 2.05) is 37.3 Å². The predicted molar refractivity (Wildman–Crippen MR) is 99.8 cm³/mol. The fourth-order valence-electron chi connectivity index (χ4n) is 2.94. The monoisotopic (exact) mass is 374 g/mol. The zero-order valence-electron chi connectivity index (χ0n) is 14.8. The van der Waals surface area contributed by atoms with Gasteiger partial charge in [0.2, 0.25) is 10.0 Å². The van der Waals surface area contributed by atoms with Crippen molar-refractivity contribution >= 4 is 21.6 Å². The third kappa shape index (κ3) is 3.65. The molecule has 0 aromatic heterocycles. The summed E-state index contributed by atoms with van der Waals surface area (Å²) in [5, 5.41) is 0. The lowest BCUT2D eigenvalue weighted by Gasteiger charge is -2.32. The first-order valence-electron chi connectivity index (χ1n) is 8.44. The van der Waals surface area contributed by atoms with Crippen LogP contribution in [0.4, 0.5) is 5.69 Å².